The second-order valence-corrected chi connectivity index (χ2v) is 4.96. The molecule has 0 radical (unpaired) electrons. The summed E-state index contributed by atoms with van der Waals surface area (Å²) >= 11 is 11.9. The van der Waals surface area contributed by atoms with Crippen LogP contribution in [0, 0.1) is 21.4 Å². The summed E-state index contributed by atoms with van der Waals surface area (Å²) in [7, 11) is 0. The Bertz CT molecular complexity index is 780. The van der Waals surface area contributed by atoms with Gasteiger partial charge in [0, 0.05) is 28.8 Å². The Morgan fingerprint density at radius 2 is 1.91 bits per heavy atom. The van der Waals surface area contributed by atoms with Crippen LogP contribution in [-0.2, 0) is 0 Å². The summed E-state index contributed by atoms with van der Waals surface area (Å²) in [6, 6.07) is 12.2. The highest BCUT2D eigenvalue weighted by atomic mass is 35.5. The van der Waals surface area contributed by atoms with E-state index in [0.717, 1.165) is 0 Å². The zero-order valence-electron chi connectivity index (χ0n) is 11.0. The van der Waals surface area contributed by atoms with E-state index in [4.69, 9.17) is 33.2 Å². The first-order valence-electron chi connectivity index (χ1n) is 5.99. The first-order chi connectivity index (χ1) is 10.5. The van der Waals surface area contributed by atoms with Crippen molar-refractivity contribution in [3.8, 4) is 11.8 Å². The molecule has 22 heavy (non-hydrogen) atoms. The maximum atomic E-state index is 10.7. The van der Waals surface area contributed by atoms with E-state index < -0.39 is 4.92 Å². The number of hydrogen-bond acceptors (Lipinski definition) is 4. The third-order valence-electron chi connectivity index (χ3n) is 2.67. The van der Waals surface area contributed by atoms with Gasteiger partial charge in [0.2, 0.25) is 0 Å². The highest BCUT2D eigenvalue weighted by molar-refractivity contribution is 6.34. The Morgan fingerprint density at radius 1 is 1.23 bits per heavy atom. The van der Waals surface area contributed by atoms with Gasteiger partial charge in [-0.15, -0.1) is 0 Å². The number of benzene rings is 2. The predicted octanol–water partition coefficient (Wildman–Crippen LogP) is 4.85. The standard InChI is InChI=1S/C15H8Cl2N2O3/c16-11-3-6-13(17)15(9-11)22-14(7-8-18)10-1-4-12(5-2-10)19(20)21/h1-7,9H/b14-7+. The summed E-state index contributed by atoms with van der Waals surface area (Å²) in [5.74, 6) is 0.496. The van der Waals surface area contributed by atoms with Crippen LogP contribution in [-0.4, -0.2) is 4.92 Å². The molecule has 0 unspecified atom stereocenters. The lowest BCUT2D eigenvalue weighted by Crippen LogP contribution is -1.96. The molecule has 7 heteroatoms. The van der Waals surface area contributed by atoms with Crippen LogP contribution in [0.25, 0.3) is 5.76 Å². The highest BCUT2D eigenvalue weighted by Crippen LogP contribution is 2.31. The van der Waals surface area contributed by atoms with Crippen molar-refractivity contribution < 1.29 is 9.66 Å². The molecule has 0 N–H and O–H groups in total. The van der Waals surface area contributed by atoms with E-state index >= 15 is 0 Å². The Morgan fingerprint density at radius 3 is 2.50 bits per heavy atom. The van der Waals surface area contributed by atoms with Crippen LogP contribution in [0.3, 0.4) is 0 Å². The smallest absolute Gasteiger partial charge is 0.269 e. The largest absolute Gasteiger partial charge is 0.454 e. The van der Waals surface area contributed by atoms with Gasteiger partial charge in [-0.3, -0.25) is 10.1 Å². The Hall–Kier alpha value is -2.55. The molecule has 0 fully saturated rings. The first-order valence-corrected chi connectivity index (χ1v) is 6.74. The fourth-order valence-electron chi connectivity index (χ4n) is 1.65. The number of non-ortho nitro benzene ring substituents is 1. The molecule has 0 atom stereocenters. The van der Waals surface area contributed by atoms with E-state index in [1.807, 2.05) is 6.07 Å². The van der Waals surface area contributed by atoms with Gasteiger partial charge in [0.15, 0.2) is 0 Å². The van der Waals surface area contributed by atoms with Gasteiger partial charge in [-0.05, 0) is 24.3 Å². The van der Waals surface area contributed by atoms with Crippen LogP contribution in [0.1, 0.15) is 5.56 Å². The normalized spacial score (nSPS) is 10.9. The van der Waals surface area contributed by atoms with Crippen molar-refractivity contribution in [2.24, 2.45) is 0 Å². The van der Waals surface area contributed by atoms with E-state index in [2.05, 4.69) is 0 Å². The van der Waals surface area contributed by atoms with Crippen molar-refractivity contribution in [1.82, 2.24) is 0 Å². The summed E-state index contributed by atoms with van der Waals surface area (Å²) in [4.78, 5) is 10.1. The first kappa shape index (κ1) is 15.8. The van der Waals surface area contributed by atoms with Crippen LogP contribution in [0.5, 0.6) is 5.75 Å². The molecule has 2 aromatic carbocycles. The Balaban J connectivity index is 2.35. The SMILES string of the molecule is N#C/C=C(/Oc1cc(Cl)ccc1Cl)c1ccc([N+](=O)[O-])cc1. The summed E-state index contributed by atoms with van der Waals surface area (Å²) in [5.41, 5.74) is 0.448. The lowest BCUT2D eigenvalue weighted by molar-refractivity contribution is -0.384. The molecule has 0 aliphatic heterocycles. The number of halogens is 2. The predicted molar refractivity (Wildman–Crippen MR) is 83.8 cm³/mol. The van der Waals surface area contributed by atoms with E-state index in [1.165, 1.54) is 36.4 Å². The molecule has 0 bridgehead atoms. The molecular weight excluding hydrogens is 327 g/mol. The van der Waals surface area contributed by atoms with Crippen LogP contribution in [0.15, 0.2) is 48.5 Å². The number of rotatable bonds is 4. The van der Waals surface area contributed by atoms with Gasteiger partial charge >= 0.3 is 0 Å². The molecule has 0 spiro atoms. The number of nitro groups is 1. The zero-order valence-corrected chi connectivity index (χ0v) is 12.5. The van der Waals surface area contributed by atoms with E-state index in [0.29, 0.717) is 15.6 Å². The van der Waals surface area contributed by atoms with Crippen molar-refractivity contribution in [3.63, 3.8) is 0 Å². The minimum absolute atomic E-state index is 0.0548. The number of allylic oxidation sites excluding steroid dienone is 1. The second kappa shape index (κ2) is 6.94. The minimum atomic E-state index is -0.508. The highest BCUT2D eigenvalue weighted by Gasteiger charge is 2.11. The number of nitriles is 1. The third-order valence-corrected chi connectivity index (χ3v) is 3.22. The fraction of sp³-hybridized carbons (Fsp3) is 0. The topological polar surface area (TPSA) is 76.2 Å². The average molecular weight is 335 g/mol. The number of ether oxygens (including phenoxy) is 1. The minimum Gasteiger partial charge on any atom is -0.454 e. The molecule has 0 aromatic heterocycles. The van der Waals surface area contributed by atoms with Crippen LogP contribution >= 0.6 is 23.2 Å². The molecule has 0 saturated heterocycles. The van der Waals surface area contributed by atoms with Gasteiger partial charge < -0.3 is 4.74 Å². The molecule has 0 amide bonds. The van der Waals surface area contributed by atoms with Gasteiger partial charge in [0.05, 0.1) is 22.1 Å². The van der Waals surface area contributed by atoms with Crippen LogP contribution in [0.2, 0.25) is 10.0 Å². The van der Waals surface area contributed by atoms with Crippen molar-refractivity contribution in [2.75, 3.05) is 0 Å². The zero-order chi connectivity index (χ0) is 16.1. The van der Waals surface area contributed by atoms with E-state index in [9.17, 15) is 10.1 Å². The summed E-state index contributed by atoms with van der Waals surface area (Å²) in [6.45, 7) is 0. The van der Waals surface area contributed by atoms with Gasteiger partial charge in [-0.2, -0.15) is 5.26 Å². The van der Waals surface area contributed by atoms with Crippen molar-refractivity contribution in [3.05, 3.63) is 74.3 Å². The molecule has 0 aliphatic carbocycles. The molecule has 0 aliphatic rings. The lowest BCUT2D eigenvalue weighted by Gasteiger charge is -2.11. The fourth-order valence-corrected chi connectivity index (χ4v) is 1.97. The summed E-state index contributed by atoms with van der Waals surface area (Å²) in [6.07, 6.45) is 1.18. The number of nitrogens with zero attached hydrogens (tertiary/aromatic N) is 2. The van der Waals surface area contributed by atoms with Crippen molar-refractivity contribution in [2.45, 2.75) is 0 Å². The second-order valence-electron chi connectivity index (χ2n) is 4.12. The molecular formula is C15H8Cl2N2O3. The summed E-state index contributed by atoms with van der Waals surface area (Å²) < 4.78 is 5.61. The van der Waals surface area contributed by atoms with Gasteiger partial charge in [-0.1, -0.05) is 23.2 Å². The maximum Gasteiger partial charge on any atom is 0.269 e. The van der Waals surface area contributed by atoms with Crippen molar-refractivity contribution in [1.29, 1.82) is 5.26 Å². The number of hydrogen-bond donors (Lipinski definition) is 0. The summed E-state index contributed by atoms with van der Waals surface area (Å²) in [5, 5.41) is 20.3. The third kappa shape index (κ3) is 3.76. The van der Waals surface area contributed by atoms with Crippen molar-refractivity contribution >= 4 is 34.6 Å². The molecule has 0 heterocycles. The number of nitro benzene ring substituents is 1. The Labute approximate surface area is 136 Å². The molecule has 5 nitrogen and oxygen atoms in total. The molecule has 0 saturated carbocycles. The average Bonchev–Trinajstić information content (AvgIpc) is 2.50. The van der Waals surface area contributed by atoms with E-state index in [-0.39, 0.29) is 17.2 Å². The lowest BCUT2D eigenvalue weighted by atomic mass is 10.1. The maximum absolute atomic E-state index is 10.7. The van der Waals surface area contributed by atoms with E-state index in [1.54, 1.807) is 12.1 Å². The Kier molecular flexibility index (Phi) is 4.99. The van der Waals surface area contributed by atoms with Crippen LogP contribution < -0.4 is 4.74 Å². The molecule has 2 rings (SSSR count). The van der Waals surface area contributed by atoms with Gasteiger partial charge in [0.25, 0.3) is 5.69 Å². The molecule has 2 aromatic rings. The quantitative estimate of drug-likeness (QED) is 0.346. The van der Waals surface area contributed by atoms with Gasteiger partial charge in [-0.25, -0.2) is 0 Å². The molecule has 110 valence electrons. The van der Waals surface area contributed by atoms with Gasteiger partial charge in [0.1, 0.15) is 11.5 Å². The van der Waals surface area contributed by atoms with Crippen LogP contribution in [0.4, 0.5) is 5.69 Å². The monoisotopic (exact) mass is 334 g/mol.